The number of nitrogens with zero attached hydrogens (tertiary/aromatic N) is 3. The first-order valence-electron chi connectivity index (χ1n) is 12.4. The van der Waals surface area contributed by atoms with Crippen molar-refractivity contribution in [3.63, 3.8) is 0 Å². The Morgan fingerprint density at radius 3 is 2.29 bits per heavy atom. The summed E-state index contributed by atoms with van der Waals surface area (Å²) in [5.74, 6) is 0. The molecule has 0 amide bonds. The van der Waals surface area contributed by atoms with Crippen molar-refractivity contribution < 1.29 is 0 Å². The van der Waals surface area contributed by atoms with Crippen LogP contribution < -0.4 is 4.90 Å². The Balaban J connectivity index is 1.24. The summed E-state index contributed by atoms with van der Waals surface area (Å²) in [6, 6.07) is 25.0. The number of aromatic nitrogens is 2. The van der Waals surface area contributed by atoms with E-state index in [1.807, 2.05) is 12.4 Å². The SMILES string of the molecule is c1ccc2c(c1)Cc1c-2ccc2c1Cc1cc3c(cc1-2)Cc1ccnc2c1N3c1cccnc1C2. The Kier molecular flexibility index (Phi) is 3.24. The predicted molar refractivity (Wildman–Crippen MR) is 139 cm³/mol. The Morgan fingerprint density at radius 2 is 1.34 bits per heavy atom. The summed E-state index contributed by atoms with van der Waals surface area (Å²) in [6.07, 6.45) is 7.68. The molecule has 0 saturated carbocycles. The molecule has 0 unspecified atom stereocenters. The van der Waals surface area contributed by atoms with Crippen LogP contribution in [0.3, 0.4) is 0 Å². The van der Waals surface area contributed by atoms with E-state index in [1.165, 1.54) is 72.7 Å². The normalized spacial score (nSPS) is 14.9. The second kappa shape index (κ2) is 6.25. The zero-order chi connectivity index (χ0) is 22.7. The van der Waals surface area contributed by atoms with Crippen LogP contribution in [0.15, 0.2) is 79.1 Å². The number of rotatable bonds is 0. The van der Waals surface area contributed by atoms with Gasteiger partial charge in [0.1, 0.15) is 0 Å². The average Bonchev–Trinajstić information content (AvgIpc) is 3.45. The Hall–Kier alpha value is -4.24. The second-order valence-corrected chi connectivity index (χ2v) is 10.2. The molecule has 4 heterocycles. The third-order valence-corrected chi connectivity index (χ3v) is 8.44. The maximum atomic E-state index is 4.77. The van der Waals surface area contributed by atoms with Crippen LogP contribution in [0.25, 0.3) is 22.3 Å². The molecule has 5 aromatic rings. The molecule has 3 heteroatoms. The van der Waals surface area contributed by atoms with E-state index in [0.717, 1.165) is 37.1 Å². The molecule has 3 aromatic carbocycles. The van der Waals surface area contributed by atoms with E-state index in [4.69, 9.17) is 9.97 Å². The summed E-state index contributed by atoms with van der Waals surface area (Å²) in [5, 5.41) is 0. The van der Waals surface area contributed by atoms with Gasteiger partial charge in [-0.1, -0.05) is 36.4 Å². The maximum Gasteiger partial charge on any atom is 0.0717 e. The van der Waals surface area contributed by atoms with Crippen LogP contribution in [0.2, 0.25) is 0 Å². The van der Waals surface area contributed by atoms with Crippen LogP contribution in [0, 0.1) is 0 Å². The molecule has 2 aliphatic heterocycles. The molecule has 0 atom stereocenters. The minimum atomic E-state index is 0.800. The van der Waals surface area contributed by atoms with Crippen molar-refractivity contribution in [1.29, 1.82) is 0 Å². The molecule has 0 N–H and O–H groups in total. The first-order valence-corrected chi connectivity index (χ1v) is 12.4. The molecule has 3 nitrogen and oxygen atoms in total. The van der Waals surface area contributed by atoms with Gasteiger partial charge in [-0.05, 0) is 98.8 Å². The first-order chi connectivity index (χ1) is 17.3. The number of benzene rings is 3. The van der Waals surface area contributed by atoms with Gasteiger partial charge in [-0.25, -0.2) is 0 Å². The molecule has 164 valence electrons. The minimum absolute atomic E-state index is 0.800. The number of anilines is 3. The molecule has 0 fully saturated rings. The van der Waals surface area contributed by atoms with Gasteiger partial charge in [0, 0.05) is 25.2 Å². The molecular weight excluding hydrogens is 426 g/mol. The fraction of sp³-hybridized carbons (Fsp3) is 0.125. The quantitative estimate of drug-likeness (QED) is 0.253. The van der Waals surface area contributed by atoms with Gasteiger partial charge in [0.05, 0.1) is 28.5 Å². The lowest BCUT2D eigenvalue weighted by molar-refractivity contribution is 0.926. The average molecular weight is 448 g/mol. The van der Waals surface area contributed by atoms with Crippen molar-refractivity contribution in [3.05, 3.63) is 124 Å². The highest BCUT2D eigenvalue weighted by Gasteiger charge is 2.35. The monoisotopic (exact) mass is 447 g/mol. The van der Waals surface area contributed by atoms with Crippen molar-refractivity contribution in [2.45, 2.75) is 25.7 Å². The van der Waals surface area contributed by atoms with E-state index in [1.54, 1.807) is 0 Å². The first kappa shape index (κ1) is 18.1. The van der Waals surface area contributed by atoms with Crippen molar-refractivity contribution in [1.82, 2.24) is 9.97 Å². The third-order valence-electron chi connectivity index (χ3n) is 8.44. The van der Waals surface area contributed by atoms with Crippen LogP contribution in [-0.2, 0) is 25.7 Å². The molecule has 0 bridgehead atoms. The number of hydrogen-bond acceptors (Lipinski definition) is 3. The predicted octanol–water partition coefficient (Wildman–Crippen LogP) is 6.90. The summed E-state index contributed by atoms with van der Waals surface area (Å²) in [6.45, 7) is 0. The van der Waals surface area contributed by atoms with Gasteiger partial charge >= 0.3 is 0 Å². The van der Waals surface area contributed by atoms with Crippen molar-refractivity contribution in [3.8, 4) is 22.3 Å². The summed E-state index contributed by atoms with van der Waals surface area (Å²) < 4.78 is 0. The van der Waals surface area contributed by atoms with Crippen molar-refractivity contribution in [2.75, 3.05) is 4.90 Å². The lowest BCUT2D eigenvalue weighted by atomic mass is 9.88. The molecule has 0 radical (unpaired) electrons. The van der Waals surface area contributed by atoms with E-state index in [0.29, 0.717) is 0 Å². The van der Waals surface area contributed by atoms with Gasteiger partial charge in [-0.3, -0.25) is 9.97 Å². The highest BCUT2D eigenvalue weighted by molar-refractivity contribution is 5.92. The fourth-order valence-electron chi connectivity index (χ4n) is 6.93. The van der Waals surface area contributed by atoms with E-state index in [2.05, 4.69) is 71.6 Å². The van der Waals surface area contributed by atoms with Crippen LogP contribution >= 0.6 is 0 Å². The zero-order valence-electron chi connectivity index (χ0n) is 19.2. The van der Waals surface area contributed by atoms with Gasteiger partial charge in [0.25, 0.3) is 0 Å². The van der Waals surface area contributed by atoms with Crippen LogP contribution in [0.4, 0.5) is 17.1 Å². The van der Waals surface area contributed by atoms with Gasteiger partial charge in [-0.15, -0.1) is 0 Å². The highest BCUT2D eigenvalue weighted by atomic mass is 15.2. The van der Waals surface area contributed by atoms with E-state index < -0.39 is 0 Å². The lowest BCUT2D eigenvalue weighted by Gasteiger charge is -2.38. The lowest BCUT2D eigenvalue weighted by Crippen LogP contribution is -2.26. The standard InChI is InChI=1S/C32H21N3/c1-2-5-22-18(4-1)13-26-23(22)7-8-24-25-15-21-12-19-9-11-34-29-17-28-30(6-3-10-33-28)35(32(19)29)31(21)16-20(25)14-27(24)26/h1-11,15-16H,12-14,17H2. The second-order valence-electron chi connectivity index (χ2n) is 10.2. The van der Waals surface area contributed by atoms with Gasteiger partial charge in [0.15, 0.2) is 0 Å². The summed E-state index contributed by atoms with van der Waals surface area (Å²) in [4.78, 5) is 11.9. The molecule has 2 aromatic heterocycles. The van der Waals surface area contributed by atoms with Gasteiger partial charge in [-0.2, -0.15) is 0 Å². The topological polar surface area (TPSA) is 29.0 Å². The Labute approximate surface area is 203 Å². The van der Waals surface area contributed by atoms with E-state index >= 15 is 0 Å². The number of fused-ring (bicyclic) bond motifs is 11. The van der Waals surface area contributed by atoms with Crippen molar-refractivity contribution >= 4 is 17.1 Å². The molecule has 35 heavy (non-hydrogen) atoms. The third kappa shape index (κ3) is 2.26. The van der Waals surface area contributed by atoms with E-state index in [-0.39, 0.29) is 0 Å². The number of hydrogen-bond donors (Lipinski definition) is 0. The molecule has 0 saturated heterocycles. The minimum Gasteiger partial charge on any atom is -0.306 e. The van der Waals surface area contributed by atoms with Crippen LogP contribution in [0.5, 0.6) is 0 Å². The smallest absolute Gasteiger partial charge is 0.0717 e. The maximum absolute atomic E-state index is 4.77. The fourth-order valence-corrected chi connectivity index (χ4v) is 6.93. The van der Waals surface area contributed by atoms with Crippen molar-refractivity contribution in [2.24, 2.45) is 0 Å². The molecule has 4 aliphatic rings. The Morgan fingerprint density at radius 1 is 0.514 bits per heavy atom. The zero-order valence-corrected chi connectivity index (χ0v) is 19.2. The number of pyridine rings is 2. The largest absolute Gasteiger partial charge is 0.306 e. The Bertz CT molecular complexity index is 1760. The van der Waals surface area contributed by atoms with Gasteiger partial charge in [0.2, 0.25) is 0 Å². The van der Waals surface area contributed by atoms with Crippen LogP contribution in [-0.4, -0.2) is 9.97 Å². The highest BCUT2D eigenvalue weighted by Crippen LogP contribution is 2.53. The molecule has 2 aliphatic carbocycles. The van der Waals surface area contributed by atoms with E-state index in [9.17, 15) is 0 Å². The van der Waals surface area contributed by atoms with Gasteiger partial charge < -0.3 is 4.90 Å². The molecular formula is C32H21N3. The molecule has 9 rings (SSSR count). The summed E-state index contributed by atoms with van der Waals surface area (Å²) >= 11 is 0. The summed E-state index contributed by atoms with van der Waals surface area (Å²) in [7, 11) is 0. The van der Waals surface area contributed by atoms with Crippen LogP contribution in [0.1, 0.15) is 44.8 Å². The summed E-state index contributed by atoms with van der Waals surface area (Å²) in [5.41, 5.74) is 20.4. The molecule has 0 spiro atoms.